The van der Waals surface area contributed by atoms with E-state index in [2.05, 4.69) is 6.92 Å². The van der Waals surface area contributed by atoms with Gasteiger partial charge in [0.05, 0.1) is 0 Å². The second-order valence-corrected chi connectivity index (χ2v) is 3.99. The molecule has 0 aliphatic rings. The number of unbranched alkanes of at least 4 members (excludes halogenated alkanes) is 3. The van der Waals surface area contributed by atoms with E-state index in [1.165, 1.54) is 12.8 Å². The third kappa shape index (κ3) is 5.58. The molecule has 0 aromatic carbocycles. The van der Waals surface area contributed by atoms with Crippen LogP contribution in [0.1, 0.15) is 52.9 Å². The van der Waals surface area contributed by atoms with E-state index in [-0.39, 0.29) is 0 Å². The molecule has 0 heterocycles. The van der Waals surface area contributed by atoms with Crippen LogP contribution in [0.3, 0.4) is 0 Å². The number of hydrogen-bond donors (Lipinski definition) is 2. The minimum absolute atomic E-state index is 0.489. The Morgan fingerprint density at radius 2 is 1.86 bits per heavy atom. The Labute approximate surface area is 87.1 Å². The second-order valence-electron chi connectivity index (χ2n) is 3.99. The highest BCUT2D eigenvalue weighted by Gasteiger charge is 2.28. The molecule has 0 aromatic heterocycles. The average Bonchev–Trinajstić information content (AvgIpc) is 2.17. The molecule has 2 atom stereocenters. The van der Waals surface area contributed by atoms with Gasteiger partial charge < -0.3 is 14.9 Å². The Balaban J connectivity index is 3.48. The van der Waals surface area contributed by atoms with Gasteiger partial charge in [0.15, 0.2) is 6.29 Å². The van der Waals surface area contributed by atoms with Crippen molar-refractivity contribution in [1.82, 2.24) is 0 Å². The molecule has 0 spiro atoms. The highest BCUT2D eigenvalue weighted by Crippen LogP contribution is 2.15. The quantitative estimate of drug-likeness (QED) is 0.470. The van der Waals surface area contributed by atoms with Crippen molar-refractivity contribution in [3.05, 3.63) is 0 Å². The van der Waals surface area contributed by atoms with Gasteiger partial charge in [-0.15, -0.1) is 0 Å². The van der Waals surface area contributed by atoms with Crippen molar-refractivity contribution in [2.24, 2.45) is 0 Å². The number of aliphatic hydroxyl groups excluding tert-OH is 1. The topological polar surface area (TPSA) is 49.7 Å². The summed E-state index contributed by atoms with van der Waals surface area (Å²) < 4.78 is 5.15. The Hall–Kier alpha value is -0.120. The zero-order valence-corrected chi connectivity index (χ0v) is 9.62. The van der Waals surface area contributed by atoms with Crippen LogP contribution in [0.2, 0.25) is 0 Å². The highest BCUT2D eigenvalue weighted by atomic mass is 16.6. The second kappa shape index (κ2) is 7.21. The first-order valence-electron chi connectivity index (χ1n) is 5.56. The normalized spacial score (nSPS) is 17.8. The molecule has 0 aromatic rings. The summed E-state index contributed by atoms with van der Waals surface area (Å²) in [6, 6.07) is 0. The van der Waals surface area contributed by atoms with Crippen LogP contribution in [0.25, 0.3) is 0 Å². The van der Waals surface area contributed by atoms with E-state index < -0.39 is 11.9 Å². The summed E-state index contributed by atoms with van der Waals surface area (Å²) in [6.07, 6.45) is 3.89. The van der Waals surface area contributed by atoms with Gasteiger partial charge in [0, 0.05) is 6.61 Å². The summed E-state index contributed by atoms with van der Waals surface area (Å²) in [5, 5.41) is 19.1. The van der Waals surface area contributed by atoms with E-state index >= 15 is 0 Å². The molecule has 3 heteroatoms. The summed E-state index contributed by atoms with van der Waals surface area (Å²) in [4.78, 5) is 0. The van der Waals surface area contributed by atoms with Crippen molar-refractivity contribution < 1.29 is 14.9 Å². The lowest BCUT2D eigenvalue weighted by molar-refractivity contribution is -0.207. The van der Waals surface area contributed by atoms with Crippen LogP contribution in [0.15, 0.2) is 0 Å². The SMILES string of the molecule is CCCCCCOC(O)C(C)(O)CC. The van der Waals surface area contributed by atoms with Crippen LogP contribution in [0, 0.1) is 0 Å². The molecule has 86 valence electrons. The van der Waals surface area contributed by atoms with Gasteiger partial charge in [-0.25, -0.2) is 0 Å². The maximum atomic E-state index is 9.62. The lowest BCUT2D eigenvalue weighted by atomic mass is 10.0. The maximum Gasteiger partial charge on any atom is 0.183 e. The summed E-state index contributed by atoms with van der Waals surface area (Å²) in [7, 11) is 0. The van der Waals surface area contributed by atoms with Gasteiger partial charge in [-0.1, -0.05) is 33.1 Å². The Morgan fingerprint density at radius 1 is 1.21 bits per heavy atom. The molecule has 0 saturated heterocycles. The van der Waals surface area contributed by atoms with Gasteiger partial charge in [-0.05, 0) is 19.8 Å². The van der Waals surface area contributed by atoms with E-state index in [1.54, 1.807) is 6.92 Å². The van der Waals surface area contributed by atoms with E-state index in [9.17, 15) is 10.2 Å². The van der Waals surface area contributed by atoms with Gasteiger partial charge in [0.2, 0.25) is 0 Å². The molecule has 0 rings (SSSR count). The first-order valence-corrected chi connectivity index (χ1v) is 5.56. The van der Waals surface area contributed by atoms with Crippen molar-refractivity contribution in [1.29, 1.82) is 0 Å². The minimum atomic E-state index is -1.12. The van der Waals surface area contributed by atoms with Gasteiger partial charge >= 0.3 is 0 Å². The molecular weight excluding hydrogens is 180 g/mol. The van der Waals surface area contributed by atoms with Crippen LogP contribution in [-0.2, 0) is 4.74 Å². The molecule has 0 saturated carbocycles. The van der Waals surface area contributed by atoms with Gasteiger partial charge in [0.1, 0.15) is 5.60 Å². The van der Waals surface area contributed by atoms with Crippen LogP contribution in [-0.4, -0.2) is 28.7 Å². The minimum Gasteiger partial charge on any atom is -0.385 e. The largest absolute Gasteiger partial charge is 0.385 e. The maximum absolute atomic E-state index is 9.62. The van der Waals surface area contributed by atoms with Gasteiger partial charge in [0.25, 0.3) is 0 Å². The van der Waals surface area contributed by atoms with Gasteiger partial charge in [-0.3, -0.25) is 0 Å². The lowest BCUT2D eigenvalue weighted by Gasteiger charge is -2.27. The zero-order valence-electron chi connectivity index (χ0n) is 9.62. The molecular formula is C11H24O3. The summed E-state index contributed by atoms with van der Waals surface area (Å²) in [6.45, 7) is 6.09. The van der Waals surface area contributed by atoms with Crippen molar-refractivity contribution in [2.75, 3.05) is 6.61 Å². The van der Waals surface area contributed by atoms with Gasteiger partial charge in [-0.2, -0.15) is 0 Å². The fraction of sp³-hybridized carbons (Fsp3) is 1.00. The smallest absolute Gasteiger partial charge is 0.183 e. The van der Waals surface area contributed by atoms with Crippen LogP contribution in [0.5, 0.6) is 0 Å². The van der Waals surface area contributed by atoms with Crippen molar-refractivity contribution >= 4 is 0 Å². The zero-order chi connectivity index (χ0) is 11.0. The molecule has 0 aliphatic carbocycles. The summed E-state index contributed by atoms with van der Waals surface area (Å²) in [5.41, 5.74) is -1.12. The van der Waals surface area contributed by atoms with Crippen molar-refractivity contribution in [3.63, 3.8) is 0 Å². The third-order valence-corrected chi connectivity index (χ3v) is 2.52. The predicted molar refractivity (Wildman–Crippen MR) is 57.0 cm³/mol. The molecule has 2 unspecified atom stereocenters. The van der Waals surface area contributed by atoms with E-state index in [0.29, 0.717) is 13.0 Å². The summed E-state index contributed by atoms with van der Waals surface area (Å²) in [5.74, 6) is 0. The van der Waals surface area contributed by atoms with Crippen LogP contribution in [0.4, 0.5) is 0 Å². The average molecular weight is 204 g/mol. The molecule has 0 amide bonds. The summed E-state index contributed by atoms with van der Waals surface area (Å²) >= 11 is 0. The van der Waals surface area contributed by atoms with E-state index in [4.69, 9.17) is 4.74 Å². The molecule has 0 fully saturated rings. The Morgan fingerprint density at radius 3 is 2.36 bits per heavy atom. The van der Waals surface area contributed by atoms with Crippen LogP contribution < -0.4 is 0 Å². The number of ether oxygens (including phenoxy) is 1. The molecule has 0 bridgehead atoms. The van der Waals surface area contributed by atoms with Crippen molar-refractivity contribution in [3.8, 4) is 0 Å². The Kier molecular flexibility index (Phi) is 7.15. The monoisotopic (exact) mass is 204 g/mol. The first kappa shape index (κ1) is 13.9. The molecule has 0 radical (unpaired) electrons. The third-order valence-electron chi connectivity index (χ3n) is 2.52. The van der Waals surface area contributed by atoms with E-state index in [1.807, 2.05) is 6.92 Å². The number of rotatable bonds is 8. The number of aliphatic hydroxyl groups is 2. The van der Waals surface area contributed by atoms with Crippen LogP contribution >= 0.6 is 0 Å². The molecule has 0 aliphatic heterocycles. The Bertz CT molecular complexity index is 134. The predicted octanol–water partition coefficient (Wildman–Crippen LogP) is 2.06. The molecule has 14 heavy (non-hydrogen) atoms. The fourth-order valence-corrected chi connectivity index (χ4v) is 1.08. The molecule has 3 nitrogen and oxygen atoms in total. The standard InChI is InChI=1S/C11H24O3/c1-4-6-7-8-9-14-10(12)11(3,13)5-2/h10,12-13H,4-9H2,1-3H3. The highest BCUT2D eigenvalue weighted by molar-refractivity contribution is 4.73. The first-order chi connectivity index (χ1) is 6.54. The number of hydrogen-bond acceptors (Lipinski definition) is 3. The molecule has 2 N–H and O–H groups in total. The van der Waals surface area contributed by atoms with E-state index in [0.717, 1.165) is 12.8 Å². The fourth-order valence-electron chi connectivity index (χ4n) is 1.08. The van der Waals surface area contributed by atoms with Crippen molar-refractivity contribution in [2.45, 2.75) is 64.8 Å². The lowest BCUT2D eigenvalue weighted by Crippen LogP contribution is -2.40.